The molecule has 1 atom stereocenters. The molecule has 1 saturated heterocycles. The van der Waals surface area contributed by atoms with Gasteiger partial charge in [-0.3, -0.25) is 9.36 Å². The molecular formula is C19H20N4O2. The van der Waals surface area contributed by atoms with Crippen LogP contribution >= 0.6 is 0 Å². The molecule has 128 valence electrons. The molecule has 1 aliphatic rings. The van der Waals surface area contributed by atoms with Crippen molar-refractivity contribution in [1.82, 2.24) is 19.4 Å². The Morgan fingerprint density at radius 2 is 2.08 bits per heavy atom. The van der Waals surface area contributed by atoms with Gasteiger partial charge in [0.05, 0.1) is 29.8 Å². The number of hydrogen-bond donors (Lipinski definition) is 0. The lowest BCUT2D eigenvalue weighted by Gasteiger charge is -2.21. The van der Waals surface area contributed by atoms with E-state index in [1.165, 1.54) is 0 Å². The molecule has 2 aromatic heterocycles. The molecule has 3 aromatic rings. The van der Waals surface area contributed by atoms with Gasteiger partial charge in [0.2, 0.25) is 0 Å². The van der Waals surface area contributed by atoms with Crippen molar-refractivity contribution in [2.24, 2.45) is 5.92 Å². The van der Waals surface area contributed by atoms with Gasteiger partial charge in [0.1, 0.15) is 12.1 Å². The fourth-order valence-electron chi connectivity index (χ4n) is 3.14. The van der Waals surface area contributed by atoms with E-state index in [9.17, 15) is 4.79 Å². The molecule has 0 N–H and O–H groups in total. The van der Waals surface area contributed by atoms with E-state index in [0.717, 1.165) is 16.9 Å². The number of benzene rings is 1. The summed E-state index contributed by atoms with van der Waals surface area (Å²) in [5, 5.41) is 0. The number of amides is 1. The van der Waals surface area contributed by atoms with Crippen LogP contribution in [0.3, 0.4) is 0 Å². The highest BCUT2D eigenvalue weighted by Crippen LogP contribution is 2.17. The molecule has 1 aliphatic heterocycles. The van der Waals surface area contributed by atoms with E-state index in [1.54, 1.807) is 12.5 Å². The second-order valence-corrected chi connectivity index (χ2v) is 6.44. The van der Waals surface area contributed by atoms with E-state index in [4.69, 9.17) is 4.74 Å². The van der Waals surface area contributed by atoms with Gasteiger partial charge in [-0.1, -0.05) is 19.1 Å². The third-order valence-electron chi connectivity index (χ3n) is 4.42. The highest BCUT2D eigenvalue weighted by atomic mass is 16.5. The van der Waals surface area contributed by atoms with Gasteiger partial charge in [0.15, 0.2) is 0 Å². The molecule has 0 aliphatic carbocycles. The monoisotopic (exact) mass is 336 g/mol. The number of carbonyl (C=O) groups excluding carboxylic acids is 1. The normalized spacial score (nSPS) is 18.3. The first-order chi connectivity index (χ1) is 12.2. The number of aromatic nitrogens is 3. The Kier molecular flexibility index (Phi) is 4.19. The third kappa shape index (κ3) is 3.13. The molecule has 1 aromatic carbocycles. The number of carbonyl (C=O) groups is 1. The molecule has 0 spiro atoms. The molecule has 1 unspecified atom stereocenters. The molecule has 1 fully saturated rings. The number of hydrogen-bond acceptors (Lipinski definition) is 4. The number of pyridine rings is 1. The molecule has 0 saturated carbocycles. The van der Waals surface area contributed by atoms with Crippen LogP contribution < -0.4 is 0 Å². The Labute approximate surface area is 146 Å². The van der Waals surface area contributed by atoms with Crippen LogP contribution in [-0.2, 0) is 4.74 Å². The molecule has 6 nitrogen and oxygen atoms in total. The largest absolute Gasteiger partial charge is 0.379 e. The van der Waals surface area contributed by atoms with Crippen molar-refractivity contribution in [3.63, 3.8) is 0 Å². The summed E-state index contributed by atoms with van der Waals surface area (Å²) in [6.07, 6.45) is 3.39. The highest BCUT2D eigenvalue weighted by molar-refractivity contribution is 5.94. The summed E-state index contributed by atoms with van der Waals surface area (Å²) in [6, 6.07) is 11.6. The molecular weight excluding hydrogens is 316 g/mol. The van der Waals surface area contributed by atoms with Crippen LogP contribution in [0.1, 0.15) is 17.3 Å². The lowest BCUT2D eigenvalue weighted by atomic mass is 10.1. The summed E-state index contributed by atoms with van der Waals surface area (Å²) in [5.74, 6) is 1.10. The van der Waals surface area contributed by atoms with Crippen LogP contribution in [0.2, 0.25) is 0 Å². The van der Waals surface area contributed by atoms with Crippen LogP contribution in [0.25, 0.3) is 16.9 Å². The minimum absolute atomic E-state index is 0.00638. The highest BCUT2D eigenvalue weighted by Gasteiger charge is 2.21. The summed E-state index contributed by atoms with van der Waals surface area (Å²) in [5.41, 5.74) is 2.51. The summed E-state index contributed by atoms with van der Waals surface area (Å²) in [4.78, 5) is 23.4. The molecule has 6 heteroatoms. The van der Waals surface area contributed by atoms with Crippen molar-refractivity contribution in [2.75, 3.05) is 26.3 Å². The van der Waals surface area contributed by atoms with Gasteiger partial charge in [0, 0.05) is 19.3 Å². The van der Waals surface area contributed by atoms with Gasteiger partial charge in [-0.15, -0.1) is 0 Å². The Balaban J connectivity index is 1.58. The Bertz CT molecular complexity index is 888. The second-order valence-electron chi connectivity index (χ2n) is 6.44. The molecule has 4 rings (SSSR count). The quantitative estimate of drug-likeness (QED) is 0.721. The zero-order chi connectivity index (χ0) is 17.2. The first kappa shape index (κ1) is 15.8. The first-order valence-electron chi connectivity index (χ1n) is 8.48. The van der Waals surface area contributed by atoms with Crippen LogP contribution in [0.4, 0.5) is 0 Å². The van der Waals surface area contributed by atoms with E-state index in [0.29, 0.717) is 37.8 Å². The van der Waals surface area contributed by atoms with Crippen LogP contribution in [0.15, 0.2) is 48.9 Å². The molecule has 1 amide bonds. The SMILES string of the molecule is CC1COCCN(C(=O)c2ccc(-n3cnc4ccccc43)nc2)C1. The van der Waals surface area contributed by atoms with E-state index >= 15 is 0 Å². The Hall–Kier alpha value is -2.73. The van der Waals surface area contributed by atoms with Crippen molar-refractivity contribution >= 4 is 16.9 Å². The van der Waals surface area contributed by atoms with Gasteiger partial charge < -0.3 is 9.64 Å². The lowest BCUT2D eigenvalue weighted by Crippen LogP contribution is -2.35. The zero-order valence-electron chi connectivity index (χ0n) is 14.1. The maximum absolute atomic E-state index is 12.7. The van der Waals surface area contributed by atoms with Crippen molar-refractivity contribution in [2.45, 2.75) is 6.92 Å². The van der Waals surface area contributed by atoms with Crippen molar-refractivity contribution in [3.05, 3.63) is 54.5 Å². The summed E-state index contributed by atoms with van der Waals surface area (Å²) < 4.78 is 7.43. The summed E-state index contributed by atoms with van der Waals surface area (Å²) >= 11 is 0. The number of nitrogens with zero attached hydrogens (tertiary/aromatic N) is 4. The van der Waals surface area contributed by atoms with E-state index < -0.39 is 0 Å². The van der Waals surface area contributed by atoms with Gasteiger partial charge >= 0.3 is 0 Å². The van der Waals surface area contributed by atoms with Gasteiger partial charge in [-0.25, -0.2) is 9.97 Å². The Morgan fingerprint density at radius 3 is 2.92 bits per heavy atom. The predicted molar refractivity (Wildman–Crippen MR) is 94.8 cm³/mol. The van der Waals surface area contributed by atoms with Crippen LogP contribution in [0.5, 0.6) is 0 Å². The minimum Gasteiger partial charge on any atom is -0.379 e. The smallest absolute Gasteiger partial charge is 0.255 e. The number of imidazole rings is 1. The fraction of sp³-hybridized carbons (Fsp3) is 0.316. The second kappa shape index (κ2) is 6.64. The molecule has 0 bridgehead atoms. The topological polar surface area (TPSA) is 60.2 Å². The summed E-state index contributed by atoms with van der Waals surface area (Å²) in [7, 11) is 0. The van der Waals surface area contributed by atoms with Gasteiger partial charge in [-0.2, -0.15) is 0 Å². The van der Waals surface area contributed by atoms with E-state index in [2.05, 4.69) is 16.9 Å². The van der Waals surface area contributed by atoms with Gasteiger partial charge in [0.25, 0.3) is 5.91 Å². The maximum Gasteiger partial charge on any atom is 0.255 e. The zero-order valence-corrected chi connectivity index (χ0v) is 14.1. The number of para-hydroxylation sites is 2. The van der Waals surface area contributed by atoms with E-state index in [-0.39, 0.29) is 5.91 Å². The number of rotatable bonds is 2. The predicted octanol–water partition coefficient (Wildman–Crippen LogP) is 2.53. The standard InChI is InChI=1S/C19H20N4O2/c1-14-11-22(8-9-25-12-14)19(24)15-6-7-18(20-10-15)23-13-21-16-4-2-3-5-17(16)23/h2-7,10,13-14H,8-9,11-12H2,1H3. The van der Waals surface area contributed by atoms with Crippen molar-refractivity contribution < 1.29 is 9.53 Å². The van der Waals surface area contributed by atoms with Crippen LogP contribution in [-0.4, -0.2) is 51.6 Å². The maximum atomic E-state index is 12.7. The fourth-order valence-corrected chi connectivity index (χ4v) is 3.14. The molecule has 25 heavy (non-hydrogen) atoms. The average molecular weight is 336 g/mol. The third-order valence-corrected chi connectivity index (χ3v) is 4.42. The minimum atomic E-state index is 0.00638. The molecule has 0 radical (unpaired) electrons. The molecule has 3 heterocycles. The lowest BCUT2D eigenvalue weighted by molar-refractivity contribution is 0.0738. The van der Waals surface area contributed by atoms with E-state index in [1.807, 2.05) is 45.9 Å². The number of ether oxygens (including phenoxy) is 1. The van der Waals surface area contributed by atoms with Crippen molar-refractivity contribution in [1.29, 1.82) is 0 Å². The van der Waals surface area contributed by atoms with Crippen molar-refractivity contribution in [3.8, 4) is 5.82 Å². The average Bonchev–Trinajstić information content (AvgIpc) is 2.96. The summed E-state index contributed by atoms with van der Waals surface area (Å²) in [6.45, 7) is 4.72. The van der Waals surface area contributed by atoms with Crippen LogP contribution in [0, 0.1) is 5.92 Å². The first-order valence-corrected chi connectivity index (χ1v) is 8.48. The Morgan fingerprint density at radius 1 is 1.20 bits per heavy atom. The number of fused-ring (bicyclic) bond motifs is 1. The van der Waals surface area contributed by atoms with Gasteiger partial charge in [-0.05, 0) is 30.2 Å².